The molecule has 0 aromatic rings. The van der Waals surface area contributed by atoms with Gasteiger partial charge in [-0.1, -0.05) is 0 Å². The maximum absolute atomic E-state index is 12.2. The standard InChI is InChI=1S/C12H22N5O4P/c1-3-20-22(18,21-4-2)9-19-6-5-17-8-16-10-11(13)14-7-15-12(10)17/h7-8,10,12H,3-6,9H2,1-2H3,(H2,13,14,15). The Balaban J connectivity index is 1.75. The third kappa shape index (κ3) is 4.13. The summed E-state index contributed by atoms with van der Waals surface area (Å²) in [5, 5.41) is 10.8. The number of rotatable bonds is 9. The SMILES string of the molecule is CCOP(=O)(COCCN1C=NC2C(=N)N=CNC21)OCC. The first-order valence-electron chi connectivity index (χ1n) is 7.21. The topological polar surface area (TPSA) is 109 Å². The molecule has 0 aromatic carbocycles. The summed E-state index contributed by atoms with van der Waals surface area (Å²) >= 11 is 0. The first-order valence-corrected chi connectivity index (χ1v) is 8.94. The normalized spacial score (nSPS) is 23.7. The molecule has 0 radical (unpaired) electrons. The highest BCUT2D eigenvalue weighted by Gasteiger charge is 2.35. The number of nitrogens with one attached hydrogen (secondary N) is 2. The van der Waals surface area contributed by atoms with Crippen LogP contribution in [0.5, 0.6) is 0 Å². The second kappa shape index (κ2) is 7.82. The lowest BCUT2D eigenvalue weighted by atomic mass is 10.2. The van der Waals surface area contributed by atoms with E-state index in [4.69, 9.17) is 19.2 Å². The summed E-state index contributed by atoms with van der Waals surface area (Å²) in [6, 6.07) is -0.289. The fourth-order valence-electron chi connectivity index (χ4n) is 2.21. The maximum atomic E-state index is 12.2. The van der Waals surface area contributed by atoms with Gasteiger partial charge in [-0.15, -0.1) is 0 Å². The van der Waals surface area contributed by atoms with Gasteiger partial charge in [0.2, 0.25) is 0 Å². The van der Waals surface area contributed by atoms with E-state index in [-0.39, 0.29) is 24.4 Å². The van der Waals surface area contributed by atoms with Crippen LogP contribution in [0.25, 0.3) is 0 Å². The van der Waals surface area contributed by atoms with Crippen molar-refractivity contribution in [3.8, 4) is 0 Å². The number of ether oxygens (including phenoxy) is 1. The molecule has 124 valence electrons. The van der Waals surface area contributed by atoms with Crippen molar-refractivity contribution < 1.29 is 18.3 Å². The summed E-state index contributed by atoms with van der Waals surface area (Å²) in [6.45, 7) is 5.06. The van der Waals surface area contributed by atoms with Crippen LogP contribution in [0, 0.1) is 5.41 Å². The fourth-order valence-corrected chi connectivity index (χ4v) is 3.57. The molecule has 2 aliphatic rings. The van der Waals surface area contributed by atoms with E-state index in [9.17, 15) is 4.57 Å². The number of hydrogen-bond acceptors (Lipinski definition) is 8. The summed E-state index contributed by atoms with van der Waals surface area (Å²) in [5.41, 5.74) is 0. The first kappa shape index (κ1) is 17.1. The van der Waals surface area contributed by atoms with Crippen LogP contribution in [0.15, 0.2) is 9.98 Å². The molecule has 2 N–H and O–H groups in total. The van der Waals surface area contributed by atoms with E-state index in [0.717, 1.165) is 0 Å². The minimum absolute atomic E-state index is 0.0710. The van der Waals surface area contributed by atoms with E-state index in [1.54, 1.807) is 20.2 Å². The molecule has 0 saturated heterocycles. The molecule has 9 nitrogen and oxygen atoms in total. The Morgan fingerprint density at radius 1 is 1.41 bits per heavy atom. The van der Waals surface area contributed by atoms with Crippen LogP contribution in [0.4, 0.5) is 0 Å². The second-order valence-electron chi connectivity index (χ2n) is 4.69. The van der Waals surface area contributed by atoms with Gasteiger partial charge in [0, 0.05) is 6.54 Å². The van der Waals surface area contributed by atoms with Gasteiger partial charge in [0.1, 0.15) is 18.6 Å². The van der Waals surface area contributed by atoms with Crippen molar-refractivity contribution in [1.82, 2.24) is 10.2 Å². The zero-order valence-electron chi connectivity index (χ0n) is 12.8. The van der Waals surface area contributed by atoms with E-state index in [1.165, 1.54) is 6.34 Å². The Kier molecular flexibility index (Phi) is 6.07. The van der Waals surface area contributed by atoms with Crippen molar-refractivity contribution in [2.45, 2.75) is 26.1 Å². The van der Waals surface area contributed by atoms with Crippen LogP contribution >= 0.6 is 7.60 Å². The lowest BCUT2D eigenvalue weighted by Crippen LogP contribution is -2.52. The molecule has 22 heavy (non-hydrogen) atoms. The van der Waals surface area contributed by atoms with Gasteiger partial charge < -0.3 is 24.0 Å². The molecule has 2 atom stereocenters. The summed E-state index contributed by atoms with van der Waals surface area (Å²) in [6.07, 6.45) is 3.00. The molecular weight excluding hydrogens is 309 g/mol. The lowest BCUT2D eigenvalue weighted by Gasteiger charge is -2.29. The Morgan fingerprint density at radius 3 is 2.82 bits per heavy atom. The molecule has 2 aliphatic heterocycles. The van der Waals surface area contributed by atoms with Crippen molar-refractivity contribution in [1.29, 1.82) is 5.41 Å². The zero-order chi connectivity index (χ0) is 16.0. The minimum atomic E-state index is -3.16. The monoisotopic (exact) mass is 331 g/mol. The van der Waals surface area contributed by atoms with Gasteiger partial charge in [-0.05, 0) is 13.8 Å². The summed E-state index contributed by atoms with van der Waals surface area (Å²) in [7, 11) is -3.16. The molecule has 0 fully saturated rings. The third-order valence-electron chi connectivity index (χ3n) is 3.16. The lowest BCUT2D eigenvalue weighted by molar-refractivity contribution is 0.117. The highest BCUT2D eigenvalue weighted by molar-refractivity contribution is 7.53. The molecule has 0 spiro atoms. The molecule has 2 rings (SSSR count). The quantitative estimate of drug-likeness (QED) is 0.479. The van der Waals surface area contributed by atoms with E-state index >= 15 is 0 Å². The minimum Gasteiger partial charge on any atom is -0.367 e. The molecular formula is C12H22N5O4P. The molecule has 0 bridgehead atoms. The van der Waals surface area contributed by atoms with Crippen LogP contribution in [-0.4, -0.2) is 68.3 Å². The first-order chi connectivity index (χ1) is 10.6. The van der Waals surface area contributed by atoms with Crippen LogP contribution in [0.3, 0.4) is 0 Å². The molecule has 2 unspecified atom stereocenters. The van der Waals surface area contributed by atoms with E-state index < -0.39 is 7.60 Å². The van der Waals surface area contributed by atoms with Crippen molar-refractivity contribution in [2.24, 2.45) is 9.98 Å². The number of aliphatic imine (C=N–C) groups is 2. The maximum Gasteiger partial charge on any atom is 0.356 e. The number of amidine groups is 1. The van der Waals surface area contributed by atoms with Crippen LogP contribution < -0.4 is 5.32 Å². The fraction of sp³-hybridized carbons (Fsp3) is 0.750. The molecule has 0 amide bonds. The van der Waals surface area contributed by atoms with Crippen molar-refractivity contribution in [3.05, 3.63) is 0 Å². The van der Waals surface area contributed by atoms with Crippen molar-refractivity contribution >= 4 is 26.1 Å². The average molecular weight is 331 g/mol. The second-order valence-corrected chi connectivity index (χ2v) is 6.68. The summed E-state index contributed by atoms with van der Waals surface area (Å²) in [5.74, 6) is 0.237. The highest BCUT2D eigenvalue weighted by Crippen LogP contribution is 2.47. The third-order valence-corrected chi connectivity index (χ3v) is 4.96. The van der Waals surface area contributed by atoms with E-state index in [2.05, 4.69) is 15.3 Å². The Hall–Kier alpha value is -1.28. The molecule has 0 aliphatic carbocycles. The van der Waals surface area contributed by atoms with Crippen molar-refractivity contribution in [2.75, 3.05) is 32.7 Å². The van der Waals surface area contributed by atoms with Gasteiger partial charge in [0.25, 0.3) is 0 Å². The number of fused-ring (bicyclic) bond motifs is 1. The predicted octanol–water partition coefficient (Wildman–Crippen LogP) is 0.874. The van der Waals surface area contributed by atoms with Crippen LogP contribution in [0.1, 0.15) is 13.8 Å². The zero-order valence-corrected chi connectivity index (χ0v) is 13.7. The Bertz CT molecular complexity index is 488. The summed E-state index contributed by atoms with van der Waals surface area (Å²) < 4.78 is 28.0. The van der Waals surface area contributed by atoms with Gasteiger partial charge in [0.15, 0.2) is 5.84 Å². The number of nitrogens with zero attached hydrogens (tertiary/aromatic N) is 3. The molecule has 2 heterocycles. The van der Waals surface area contributed by atoms with E-state index in [0.29, 0.717) is 26.4 Å². The molecule has 0 aromatic heterocycles. The predicted molar refractivity (Wildman–Crippen MR) is 83.8 cm³/mol. The average Bonchev–Trinajstić information content (AvgIpc) is 2.89. The Labute approximate surface area is 129 Å². The highest BCUT2D eigenvalue weighted by atomic mass is 31.2. The molecule has 10 heteroatoms. The van der Waals surface area contributed by atoms with Gasteiger partial charge in [-0.25, -0.2) is 4.99 Å². The molecule has 0 saturated carbocycles. The summed E-state index contributed by atoms with van der Waals surface area (Å²) in [4.78, 5) is 10.1. The number of hydrogen-bond donors (Lipinski definition) is 2. The van der Waals surface area contributed by atoms with Gasteiger partial charge in [-0.2, -0.15) is 0 Å². The van der Waals surface area contributed by atoms with Crippen LogP contribution in [0.2, 0.25) is 0 Å². The van der Waals surface area contributed by atoms with Gasteiger partial charge in [-0.3, -0.25) is 15.0 Å². The van der Waals surface area contributed by atoms with Gasteiger partial charge in [0.05, 0.1) is 32.5 Å². The largest absolute Gasteiger partial charge is 0.367 e. The smallest absolute Gasteiger partial charge is 0.356 e. The van der Waals surface area contributed by atoms with E-state index in [1.807, 2.05) is 4.90 Å². The van der Waals surface area contributed by atoms with Crippen molar-refractivity contribution in [3.63, 3.8) is 0 Å². The van der Waals surface area contributed by atoms with Gasteiger partial charge >= 0.3 is 7.60 Å². The Morgan fingerprint density at radius 2 is 2.14 bits per heavy atom. The van der Waals surface area contributed by atoms with Crippen LogP contribution in [-0.2, 0) is 18.3 Å².